The van der Waals surface area contributed by atoms with Crippen molar-refractivity contribution < 1.29 is 9.59 Å². The maximum absolute atomic E-state index is 12.7. The molecule has 7 heteroatoms. The van der Waals surface area contributed by atoms with E-state index in [4.69, 9.17) is 11.6 Å². The van der Waals surface area contributed by atoms with Crippen LogP contribution in [0, 0.1) is 0 Å². The Bertz CT molecular complexity index is 780. The maximum atomic E-state index is 12.7. The van der Waals surface area contributed by atoms with Gasteiger partial charge in [-0.25, -0.2) is 0 Å². The maximum Gasteiger partial charge on any atom is 0.270 e. The van der Waals surface area contributed by atoms with Crippen molar-refractivity contribution in [1.29, 1.82) is 0 Å². The number of amides is 2. The standard InChI is InChI=1S/C18H19BrClN3O2/c1-2-21-12-14(19)11-16(21)18(25)23-9-7-22(8-10-23)17(24)13-3-5-15(20)6-4-13/h3-6,11-12H,2,7-10H2,1H3. The molecule has 1 aliphatic heterocycles. The molecule has 2 aromatic rings. The average Bonchev–Trinajstić information content (AvgIpc) is 3.02. The molecule has 1 aromatic carbocycles. The highest BCUT2D eigenvalue weighted by atomic mass is 79.9. The van der Waals surface area contributed by atoms with Crippen LogP contribution in [0.4, 0.5) is 0 Å². The molecule has 3 rings (SSSR count). The molecule has 0 aliphatic carbocycles. The van der Waals surface area contributed by atoms with Crippen LogP contribution in [-0.4, -0.2) is 52.4 Å². The van der Waals surface area contributed by atoms with Gasteiger partial charge >= 0.3 is 0 Å². The summed E-state index contributed by atoms with van der Waals surface area (Å²) < 4.78 is 2.83. The summed E-state index contributed by atoms with van der Waals surface area (Å²) in [5.74, 6) is -0.0189. The highest BCUT2D eigenvalue weighted by Gasteiger charge is 2.27. The van der Waals surface area contributed by atoms with Gasteiger partial charge in [-0.2, -0.15) is 0 Å². The van der Waals surface area contributed by atoms with E-state index in [9.17, 15) is 9.59 Å². The Morgan fingerprint density at radius 1 is 1.04 bits per heavy atom. The molecule has 25 heavy (non-hydrogen) atoms. The van der Waals surface area contributed by atoms with Gasteiger partial charge in [0.2, 0.25) is 0 Å². The van der Waals surface area contributed by atoms with Gasteiger partial charge in [-0.15, -0.1) is 0 Å². The Balaban J connectivity index is 1.64. The van der Waals surface area contributed by atoms with Gasteiger partial charge in [-0.3, -0.25) is 9.59 Å². The van der Waals surface area contributed by atoms with Crippen molar-refractivity contribution >= 4 is 39.3 Å². The summed E-state index contributed by atoms with van der Waals surface area (Å²) in [6.07, 6.45) is 1.91. The lowest BCUT2D eigenvalue weighted by Crippen LogP contribution is -2.50. The molecule has 132 valence electrons. The Labute approximate surface area is 160 Å². The first kappa shape index (κ1) is 18.0. The normalized spacial score (nSPS) is 14.7. The van der Waals surface area contributed by atoms with Crippen molar-refractivity contribution in [2.45, 2.75) is 13.5 Å². The second kappa shape index (κ2) is 7.62. The van der Waals surface area contributed by atoms with Crippen molar-refractivity contribution in [2.24, 2.45) is 0 Å². The number of benzene rings is 1. The number of hydrogen-bond donors (Lipinski definition) is 0. The third-order valence-electron chi connectivity index (χ3n) is 4.37. The molecule has 1 aromatic heterocycles. The molecule has 1 aliphatic rings. The van der Waals surface area contributed by atoms with E-state index in [2.05, 4.69) is 15.9 Å². The first-order chi connectivity index (χ1) is 12.0. The van der Waals surface area contributed by atoms with Gasteiger partial charge in [0.05, 0.1) is 0 Å². The van der Waals surface area contributed by atoms with Crippen molar-refractivity contribution in [1.82, 2.24) is 14.4 Å². The van der Waals surface area contributed by atoms with Gasteiger partial charge in [0.1, 0.15) is 5.69 Å². The van der Waals surface area contributed by atoms with E-state index >= 15 is 0 Å². The quantitative estimate of drug-likeness (QED) is 0.757. The highest BCUT2D eigenvalue weighted by molar-refractivity contribution is 9.10. The van der Waals surface area contributed by atoms with Crippen LogP contribution in [0.3, 0.4) is 0 Å². The second-order valence-electron chi connectivity index (χ2n) is 5.92. The Morgan fingerprint density at radius 3 is 2.16 bits per heavy atom. The summed E-state index contributed by atoms with van der Waals surface area (Å²) in [6.45, 7) is 4.87. The first-order valence-electron chi connectivity index (χ1n) is 8.19. The zero-order valence-electron chi connectivity index (χ0n) is 13.9. The summed E-state index contributed by atoms with van der Waals surface area (Å²) >= 11 is 9.29. The minimum Gasteiger partial charge on any atom is -0.343 e. The Kier molecular flexibility index (Phi) is 5.49. The van der Waals surface area contributed by atoms with Crippen molar-refractivity contribution in [3.8, 4) is 0 Å². The summed E-state index contributed by atoms with van der Waals surface area (Å²) in [4.78, 5) is 28.9. The largest absolute Gasteiger partial charge is 0.343 e. The minimum absolute atomic E-state index is 0.00569. The Hall–Kier alpha value is -1.79. The van der Waals surface area contributed by atoms with Crippen molar-refractivity contribution in [3.63, 3.8) is 0 Å². The van der Waals surface area contributed by atoms with Gasteiger partial charge in [0.25, 0.3) is 11.8 Å². The van der Waals surface area contributed by atoms with Gasteiger partial charge in [0, 0.05) is 54.0 Å². The summed E-state index contributed by atoms with van der Waals surface area (Å²) in [5.41, 5.74) is 1.29. The van der Waals surface area contributed by atoms with Crippen molar-refractivity contribution in [2.75, 3.05) is 26.2 Å². The molecule has 0 atom stereocenters. The van der Waals surface area contributed by atoms with Crippen LogP contribution in [0.25, 0.3) is 0 Å². The fourth-order valence-electron chi connectivity index (χ4n) is 2.97. The molecule has 5 nitrogen and oxygen atoms in total. The number of nitrogens with zero attached hydrogens (tertiary/aromatic N) is 3. The number of hydrogen-bond acceptors (Lipinski definition) is 2. The van der Waals surface area contributed by atoms with E-state index in [0.29, 0.717) is 42.5 Å². The molecule has 2 heterocycles. The topological polar surface area (TPSA) is 45.6 Å². The van der Waals surface area contributed by atoms with E-state index in [1.807, 2.05) is 23.8 Å². The van der Waals surface area contributed by atoms with Crippen LogP contribution in [0.1, 0.15) is 27.8 Å². The fourth-order valence-corrected chi connectivity index (χ4v) is 3.56. The van der Waals surface area contributed by atoms with E-state index < -0.39 is 0 Å². The predicted octanol–water partition coefficient (Wildman–Crippen LogP) is 3.52. The lowest BCUT2D eigenvalue weighted by atomic mass is 10.2. The lowest BCUT2D eigenvalue weighted by molar-refractivity contribution is 0.0529. The number of rotatable bonds is 3. The number of carbonyl (C=O) groups is 2. The van der Waals surface area contributed by atoms with Crippen LogP contribution in [-0.2, 0) is 6.54 Å². The SMILES string of the molecule is CCn1cc(Br)cc1C(=O)N1CCN(C(=O)c2ccc(Cl)cc2)CC1. The Morgan fingerprint density at radius 2 is 1.60 bits per heavy atom. The summed E-state index contributed by atoms with van der Waals surface area (Å²) in [7, 11) is 0. The second-order valence-corrected chi connectivity index (χ2v) is 7.27. The zero-order valence-corrected chi connectivity index (χ0v) is 16.3. The fraction of sp³-hybridized carbons (Fsp3) is 0.333. The van der Waals surface area contributed by atoms with Crippen LogP contribution < -0.4 is 0 Å². The van der Waals surface area contributed by atoms with Crippen LogP contribution in [0.15, 0.2) is 41.0 Å². The molecule has 0 unspecified atom stereocenters. The molecule has 1 fully saturated rings. The number of aryl methyl sites for hydroxylation is 1. The van der Waals surface area contributed by atoms with Crippen LogP contribution in [0.2, 0.25) is 5.02 Å². The zero-order chi connectivity index (χ0) is 18.0. The van der Waals surface area contributed by atoms with Crippen molar-refractivity contribution in [3.05, 3.63) is 57.3 Å². The highest BCUT2D eigenvalue weighted by Crippen LogP contribution is 2.18. The van der Waals surface area contributed by atoms with Crippen LogP contribution in [0.5, 0.6) is 0 Å². The summed E-state index contributed by atoms with van der Waals surface area (Å²) in [6, 6.07) is 8.73. The molecule has 0 bridgehead atoms. The van der Waals surface area contributed by atoms with Gasteiger partial charge in [-0.05, 0) is 53.2 Å². The minimum atomic E-state index is -0.0246. The van der Waals surface area contributed by atoms with Gasteiger partial charge in [0.15, 0.2) is 0 Å². The third kappa shape index (κ3) is 3.90. The monoisotopic (exact) mass is 423 g/mol. The first-order valence-corrected chi connectivity index (χ1v) is 9.36. The van der Waals surface area contributed by atoms with Gasteiger partial charge < -0.3 is 14.4 Å². The van der Waals surface area contributed by atoms with E-state index in [1.54, 1.807) is 34.1 Å². The number of halogens is 2. The molecule has 0 radical (unpaired) electrons. The molecular weight excluding hydrogens is 406 g/mol. The molecule has 0 spiro atoms. The van der Waals surface area contributed by atoms with Crippen LogP contribution >= 0.6 is 27.5 Å². The molecule has 2 amide bonds. The molecule has 1 saturated heterocycles. The molecule has 0 N–H and O–H groups in total. The number of aromatic nitrogens is 1. The molecular formula is C18H19BrClN3O2. The molecule has 0 saturated carbocycles. The van der Waals surface area contributed by atoms with Gasteiger partial charge in [-0.1, -0.05) is 11.6 Å². The van der Waals surface area contributed by atoms with E-state index in [0.717, 1.165) is 11.0 Å². The van der Waals surface area contributed by atoms with E-state index in [-0.39, 0.29) is 11.8 Å². The number of piperazine rings is 1. The van der Waals surface area contributed by atoms with E-state index in [1.165, 1.54) is 0 Å². The lowest BCUT2D eigenvalue weighted by Gasteiger charge is -2.35. The smallest absolute Gasteiger partial charge is 0.270 e. The predicted molar refractivity (Wildman–Crippen MR) is 101 cm³/mol. The number of carbonyl (C=O) groups excluding carboxylic acids is 2. The average molecular weight is 425 g/mol. The third-order valence-corrected chi connectivity index (χ3v) is 5.05. The summed E-state index contributed by atoms with van der Waals surface area (Å²) in [5, 5.41) is 0.608.